The van der Waals surface area contributed by atoms with Crippen molar-refractivity contribution < 1.29 is 31.9 Å². The topological polar surface area (TPSA) is 71.8 Å². The molecule has 0 aliphatic carbocycles. The summed E-state index contributed by atoms with van der Waals surface area (Å²) in [7, 11) is 0. The fourth-order valence-electron chi connectivity index (χ4n) is 3.30. The molecular formula is C25H25F3N2O4. The van der Waals surface area contributed by atoms with Crippen molar-refractivity contribution in [3.05, 3.63) is 83.8 Å². The minimum atomic E-state index is -4.62. The number of hydrogen-bond acceptors (Lipinski definition) is 4. The van der Waals surface area contributed by atoms with Gasteiger partial charge in [-0.05, 0) is 55.3 Å². The SMILES string of the molecule is Cc1cccc(OCCCC(=O)N(CC(=O)Nc2ccccc2C(F)(F)F)Cc2ccco2)c1. The summed E-state index contributed by atoms with van der Waals surface area (Å²) in [5.41, 5.74) is -0.270. The van der Waals surface area contributed by atoms with E-state index in [2.05, 4.69) is 5.32 Å². The number of aryl methyl sites for hydroxylation is 1. The molecule has 1 N–H and O–H groups in total. The van der Waals surface area contributed by atoms with Gasteiger partial charge in [0.25, 0.3) is 0 Å². The van der Waals surface area contributed by atoms with Gasteiger partial charge >= 0.3 is 6.18 Å². The first-order valence-electron chi connectivity index (χ1n) is 10.7. The van der Waals surface area contributed by atoms with E-state index >= 15 is 0 Å². The number of hydrogen-bond donors (Lipinski definition) is 1. The van der Waals surface area contributed by atoms with Gasteiger partial charge in [-0.25, -0.2) is 0 Å². The summed E-state index contributed by atoms with van der Waals surface area (Å²) in [5, 5.41) is 2.27. The average Bonchev–Trinajstić information content (AvgIpc) is 3.29. The highest BCUT2D eigenvalue weighted by molar-refractivity contribution is 5.95. The van der Waals surface area contributed by atoms with Crippen molar-refractivity contribution >= 4 is 17.5 Å². The maximum atomic E-state index is 13.2. The monoisotopic (exact) mass is 474 g/mol. The first-order chi connectivity index (χ1) is 16.2. The molecule has 3 aromatic rings. The van der Waals surface area contributed by atoms with E-state index in [9.17, 15) is 22.8 Å². The van der Waals surface area contributed by atoms with Crippen LogP contribution >= 0.6 is 0 Å². The van der Waals surface area contributed by atoms with Gasteiger partial charge < -0.3 is 19.4 Å². The first kappa shape index (κ1) is 24.9. The zero-order valence-electron chi connectivity index (χ0n) is 18.6. The van der Waals surface area contributed by atoms with Gasteiger partial charge in [0.05, 0.1) is 30.7 Å². The van der Waals surface area contributed by atoms with Gasteiger partial charge in [0.1, 0.15) is 18.1 Å². The lowest BCUT2D eigenvalue weighted by Crippen LogP contribution is -2.37. The van der Waals surface area contributed by atoms with Crippen LogP contribution in [-0.2, 0) is 22.3 Å². The van der Waals surface area contributed by atoms with Gasteiger partial charge in [0, 0.05) is 6.42 Å². The number of rotatable bonds is 10. The van der Waals surface area contributed by atoms with E-state index in [1.807, 2.05) is 31.2 Å². The highest BCUT2D eigenvalue weighted by atomic mass is 19.4. The van der Waals surface area contributed by atoms with Crippen LogP contribution in [0.1, 0.15) is 29.7 Å². The third-order valence-electron chi connectivity index (χ3n) is 4.91. The molecule has 2 amide bonds. The number of halogens is 3. The molecule has 0 atom stereocenters. The molecular weight excluding hydrogens is 449 g/mol. The second kappa shape index (κ2) is 11.4. The Kier molecular flexibility index (Phi) is 8.34. The number of ether oxygens (including phenoxy) is 1. The molecule has 0 aliphatic rings. The van der Waals surface area contributed by atoms with Gasteiger partial charge in [-0.1, -0.05) is 24.3 Å². The minimum absolute atomic E-state index is 0.0128. The molecule has 0 saturated heterocycles. The van der Waals surface area contributed by atoms with Crippen LogP contribution in [0.15, 0.2) is 71.3 Å². The van der Waals surface area contributed by atoms with E-state index in [4.69, 9.17) is 9.15 Å². The highest BCUT2D eigenvalue weighted by Gasteiger charge is 2.33. The van der Waals surface area contributed by atoms with Crippen molar-refractivity contribution in [1.29, 1.82) is 0 Å². The number of alkyl halides is 3. The third-order valence-corrected chi connectivity index (χ3v) is 4.91. The van der Waals surface area contributed by atoms with Crippen LogP contribution in [0, 0.1) is 6.92 Å². The number of nitrogens with one attached hydrogen (secondary N) is 1. The summed E-state index contributed by atoms with van der Waals surface area (Å²) in [6.45, 7) is 1.83. The van der Waals surface area contributed by atoms with Crippen LogP contribution in [0.3, 0.4) is 0 Å². The number of amides is 2. The Morgan fingerprint density at radius 1 is 1.06 bits per heavy atom. The maximum Gasteiger partial charge on any atom is 0.418 e. The normalized spacial score (nSPS) is 11.2. The van der Waals surface area contributed by atoms with Crippen LogP contribution in [0.25, 0.3) is 0 Å². The number of benzene rings is 2. The van der Waals surface area contributed by atoms with Crippen LogP contribution in [0.5, 0.6) is 5.75 Å². The fourth-order valence-corrected chi connectivity index (χ4v) is 3.30. The summed E-state index contributed by atoms with van der Waals surface area (Å²) in [6, 6.07) is 15.5. The molecule has 0 bridgehead atoms. The number of anilines is 1. The Bertz CT molecular complexity index is 1100. The Hall–Kier alpha value is -3.75. The van der Waals surface area contributed by atoms with E-state index in [-0.39, 0.29) is 24.6 Å². The van der Waals surface area contributed by atoms with Crippen molar-refractivity contribution in [2.75, 3.05) is 18.5 Å². The van der Waals surface area contributed by atoms with Gasteiger partial charge in [-0.3, -0.25) is 9.59 Å². The molecule has 0 radical (unpaired) electrons. The minimum Gasteiger partial charge on any atom is -0.494 e. The maximum absolute atomic E-state index is 13.2. The van der Waals surface area contributed by atoms with E-state index in [0.29, 0.717) is 24.5 Å². The number of carbonyl (C=O) groups excluding carboxylic acids is 2. The second-order valence-corrected chi connectivity index (χ2v) is 7.69. The second-order valence-electron chi connectivity index (χ2n) is 7.69. The number of para-hydroxylation sites is 1. The summed E-state index contributed by atoms with van der Waals surface area (Å²) in [6.07, 6.45) is -2.68. The van der Waals surface area contributed by atoms with Gasteiger partial charge in [-0.2, -0.15) is 13.2 Å². The number of furan rings is 1. The average molecular weight is 474 g/mol. The molecule has 6 nitrogen and oxygen atoms in total. The van der Waals surface area contributed by atoms with Crippen molar-refractivity contribution in [3.63, 3.8) is 0 Å². The Morgan fingerprint density at radius 3 is 2.56 bits per heavy atom. The molecule has 9 heteroatoms. The molecule has 1 aromatic heterocycles. The van der Waals surface area contributed by atoms with E-state index in [1.54, 1.807) is 12.1 Å². The van der Waals surface area contributed by atoms with Crippen LogP contribution < -0.4 is 10.1 Å². The lowest BCUT2D eigenvalue weighted by molar-refractivity contribution is -0.137. The molecule has 0 fully saturated rings. The zero-order valence-corrected chi connectivity index (χ0v) is 18.6. The van der Waals surface area contributed by atoms with Gasteiger partial charge in [-0.15, -0.1) is 0 Å². The fraction of sp³-hybridized carbons (Fsp3) is 0.280. The van der Waals surface area contributed by atoms with E-state index in [0.717, 1.165) is 11.6 Å². The van der Waals surface area contributed by atoms with Crippen molar-refractivity contribution in [1.82, 2.24) is 4.90 Å². The lowest BCUT2D eigenvalue weighted by atomic mass is 10.1. The lowest BCUT2D eigenvalue weighted by Gasteiger charge is -2.22. The smallest absolute Gasteiger partial charge is 0.418 e. The molecule has 0 unspecified atom stereocenters. The molecule has 2 aromatic carbocycles. The molecule has 1 heterocycles. The Labute approximate surface area is 195 Å². The summed E-state index contributed by atoms with van der Waals surface area (Å²) in [5.74, 6) is 0.0616. The molecule has 180 valence electrons. The summed E-state index contributed by atoms with van der Waals surface area (Å²) in [4.78, 5) is 26.6. The molecule has 3 rings (SSSR count). The third kappa shape index (κ3) is 7.40. The predicted octanol–water partition coefficient (Wildman–Crippen LogP) is 5.43. The predicted molar refractivity (Wildman–Crippen MR) is 120 cm³/mol. The van der Waals surface area contributed by atoms with E-state index < -0.39 is 24.2 Å². The highest BCUT2D eigenvalue weighted by Crippen LogP contribution is 2.34. The number of carbonyl (C=O) groups is 2. The molecule has 0 spiro atoms. The van der Waals surface area contributed by atoms with E-state index in [1.165, 1.54) is 29.4 Å². The Morgan fingerprint density at radius 2 is 1.85 bits per heavy atom. The summed E-state index contributed by atoms with van der Waals surface area (Å²) >= 11 is 0. The Balaban J connectivity index is 1.60. The number of nitrogens with zero attached hydrogens (tertiary/aromatic N) is 1. The van der Waals surface area contributed by atoms with Crippen LogP contribution in [0.2, 0.25) is 0 Å². The van der Waals surface area contributed by atoms with Gasteiger partial charge in [0.15, 0.2) is 0 Å². The zero-order chi connectivity index (χ0) is 24.6. The first-order valence-corrected chi connectivity index (χ1v) is 10.7. The standard InChI is InChI=1S/C25H25F3N2O4/c1-18-7-4-8-19(15-18)33-14-6-12-24(32)30(16-20-9-5-13-34-20)17-23(31)29-22-11-3-2-10-21(22)25(26,27)28/h2-5,7-11,13,15H,6,12,14,16-17H2,1H3,(H,29,31). The van der Waals surface area contributed by atoms with Crippen molar-refractivity contribution in [2.45, 2.75) is 32.5 Å². The van der Waals surface area contributed by atoms with Crippen molar-refractivity contribution in [2.24, 2.45) is 0 Å². The molecule has 0 saturated carbocycles. The molecule has 34 heavy (non-hydrogen) atoms. The quantitative estimate of drug-likeness (QED) is 0.398. The van der Waals surface area contributed by atoms with Gasteiger partial charge in [0.2, 0.25) is 11.8 Å². The summed E-state index contributed by atoms with van der Waals surface area (Å²) < 4.78 is 50.6. The molecule has 0 aliphatic heterocycles. The largest absolute Gasteiger partial charge is 0.494 e. The van der Waals surface area contributed by atoms with Crippen LogP contribution in [-0.4, -0.2) is 29.9 Å². The van der Waals surface area contributed by atoms with Crippen LogP contribution in [0.4, 0.5) is 18.9 Å². The van der Waals surface area contributed by atoms with Crippen molar-refractivity contribution in [3.8, 4) is 5.75 Å².